The van der Waals surface area contributed by atoms with E-state index in [-0.39, 0.29) is 39.2 Å². The molecule has 0 aromatic heterocycles. The van der Waals surface area contributed by atoms with E-state index in [1.165, 1.54) is 18.2 Å². The number of carbonyl (C=O) groups is 1. The number of fused-ring (bicyclic) bond motifs is 2. The van der Waals surface area contributed by atoms with E-state index >= 15 is 0 Å². The van der Waals surface area contributed by atoms with Crippen molar-refractivity contribution in [3.63, 3.8) is 0 Å². The number of nitrogens with two attached hydrogens (primary N) is 1. The Labute approximate surface area is 205 Å². The van der Waals surface area contributed by atoms with Crippen molar-refractivity contribution in [3.8, 4) is 0 Å². The number of carbonyl (C=O) groups excluding carboxylic acids is 1. The van der Waals surface area contributed by atoms with Gasteiger partial charge in [-0.1, -0.05) is 48.9 Å². The molecule has 2 aliphatic rings. The number of anilines is 2. The third-order valence-corrected chi connectivity index (χ3v) is 8.09. The number of ketones is 1. The molecule has 0 amide bonds. The molecule has 1 aliphatic carbocycles. The Morgan fingerprint density at radius 2 is 1.89 bits per heavy atom. The Hall–Kier alpha value is -2.90. The third kappa shape index (κ3) is 4.67. The van der Waals surface area contributed by atoms with Gasteiger partial charge < -0.3 is 10.4 Å². The Bertz CT molecular complexity index is 1380. The summed E-state index contributed by atoms with van der Waals surface area (Å²) in [6.07, 6.45) is 1.29. The third-order valence-electron chi connectivity index (χ3n) is 6.21. The molecule has 1 heterocycles. The SMILES string of the molecule is CC(C)CCC1(C)C(=O)C(C2=NS(O)(O)c3cc(NS(N)(=O)=O)ccc3N2)=C(O)c2ccccc21. The molecule has 0 saturated heterocycles. The predicted molar refractivity (Wildman–Crippen MR) is 138 cm³/mol. The molecule has 10 nitrogen and oxygen atoms in total. The molecule has 0 saturated carbocycles. The number of aliphatic hydroxyl groups is 1. The van der Waals surface area contributed by atoms with Gasteiger partial charge in [0.2, 0.25) is 0 Å². The quantitative estimate of drug-likeness (QED) is 0.327. The van der Waals surface area contributed by atoms with E-state index in [9.17, 15) is 27.4 Å². The van der Waals surface area contributed by atoms with E-state index in [1.807, 2.05) is 19.1 Å². The summed E-state index contributed by atoms with van der Waals surface area (Å²) in [5.41, 5.74) is 0.302. The number of hydrogen-bond donors (Lipinski definition) is 6. The minimum atomic E-state index is -4.08. The van der Waals surface area contributed by atoms with Crippen molar-refractivity contribution in [3.05, 3.63) is 59.2 Å². The monoisotopic (exact) mass is 520 g/mol. The van der Waals surface area contributed by atoms with Crippen LogP contribution in [0.1, 0.15) is 44.7 Å². The summed E-state index contributed by atoms with van der Waals surface area (Å²) in [7, 11) is -7.94. The lowest BCUT2D eigenvalue weighted by Gasteiger charge is -2.39. The molecule has 4 rings (SSSR count). The van der Waals surface area contributed by atoms with Gasteiger partial charge in [-0.15, -0.1) is 4.40 Å². The standard InChI is InChI=1S/C23H28N4O6S2/c1-13(2)10-11-23(3)16-7-5-4-6-15(16)20(28)19(21(23)29)22-25-17-9-8-14(26-35(24,32)33)12-18(17)34(30,31)27-22/h4-9,12-13,26,28,30-31H,10-11H2,1-3H3,(H,25,27)(H2,24,32,33). The van der Waals surface area contributed by atoms with Gasteiger partial charge in [-0.2, -0.15) is 8.42 Å². The maximum atomic E-state index is 13.9. The molecule has 2 aromatic carbocycles. The summed E-state index contributed by atoms with van der Waals surface area (Å²) < 4.78 is 50.4. The average Bonchev–Trinajstić information content (AvgIpc) is 2.76. The van der Waals surface area contributed by atoms with Crippen molar-refractivity contribution in [2.75, 3.05) is 10.0 Å². The molecule has 0 radical (unpaired) electrons. The number of nitrogens with zero attached hydrogens (tertiary/aromatic N) is 1. The van der Waals surface area contributed by atoms with Crippen molar-refractivity contribution >= 4 is 49.7 Å². The van der Waals surface area contributed by atoms with Crippen molar-refractivity contribution in [1.82, 2.24) is 0 Å². The number of rotatable bonds is 6. The van der Waals surface area contributed by atoms with E-state index < -0.39 is 26.4 Å². The lowest BCUT2D eigenvalue weighted by molar-refractivity contribution is -0.120. The maximum Gasteiger partial charge on any atom is 0.296 e. The fourth-order valence-electron chi connectivity index (χ4n) is 4.37. The van der Waals surface area contributed by atoms with Crippen LogP contribution in [-0.4, -0.2) is 34.2 Å². The van der Waals surface area contributed by atoms with Gasteiger partial charge in [0.15, 0.2) is 11.6 Å². The topological polar surface area (TPSA) is 174 Å². The molecule has 35 heavy (non-hydrogen) atoms. The minimum absolute atomic E-state index is 0.0117. The summed E-state index contributed by atoms with van der Waals surface area (Å²) in [5.74, 6) is -0.506. The van der Waals surface area contributed by atoms with Crippen LogP contribution in [0.15, 0.2) is 57.3 Å². The zero-order chi connectivity index (χ0) is 25.8. The molecule has 7 N–H and O–H groups in total. The molecule has 0 fully saturated rings. The van der Waals surface area contributed by atoms with Crippen molar-refractivity contribution in [2.24, 2.45) is 15.5 Å². The lowest BCUT2D eigenvalue weighted by atomic mass is 9.66. The van der Waals surface area contributed by atoms with E-state index in [4.69, 9.17) is 5.14 Å². The van der Waals surface area contributed by atoms with E-state index in [0.717, 1.165) is 6.42 Å². The molecule has 2 aromatic rings. The van der Waals surface area contributed by atoms with Crippen molar-refractivity contribution in [2.45, 2.75) is 43.9 Å². The largest absolute Gasteiger partial charge is 0.506 e. The smallest absolute Gasteiger partial charge is 0.296 e. The zero-order valence-corrected chi connectivity index (χ0v) is 21.1. The Morgan fingerprint density at radius 1 is 1.20 bits per heavy atom. The van der Waals surface area contributed by atoms with Gasteiger partial charge in [0.1, 0.15) is 16.2 Å². The Kier molecular flexibility index (Phi) is 6.22. The molecule has 0 bridgehead atoms. The van der Waals surface area contributed by atoms with Crippen LogP contribution in [0.3, 0.4) is 0 Å². The highest BCUT2D eigenvalue weighted by Gasteiger charge is 2.46. The molecule has 1 aliphatic heterocycles. The molecule has 188 valence electrons. The van der Waals surface area contributed by atoms with Crippen LogP contribution >= 0.6 is 10.8 Å². The van der Waals surface area contributed by atoms with E-state index in [2.05, 4.69) is 28.3 Å². The highest BCUT2D eigenvalue weighted by atomic mass is 32.3. The number of aliphatic hydroxyl groups excluding tert-OH is 1. The van der Waals surface area contributed by atoms with Crippen LogP contribution in [-0.2, 0) is 20.4 Å². The van der Waals surface area contributed by atoms with E-state index in [0.29, 0.717) is 23.5 Å². The summed E-state index contributed by atoms with van der Waals surface area (Å²) in [5, 5.41) is 19.0. The first-order valence-corrected chi connectivity index (χ1v) is 14.0. The summed E-state index contributed by atoms with van der Waals surface area (Å²) in [6.45, 7) is 5.95. The molecular weight excluding hydrogens is 492 g/mol. The number of Topliss-reactive ketones (excluding diaryl/α,β-unsaturated/α-hetero) is 1. The van der Waals surface area contributed by atoms with Crippen LogP contribution < -0.4 is 15.2 Å². The van der Waals surface area contributed by atoms with Gasteiger partial charge in [-0.3, -0.25) is 18.6 Å². The van der Waals surface area contributed by atoms with Crippen LogP contribution in [0, 0.1) is 5.92 Å². The number of nitrogens with one attached hydrogen (secondary N) is 2. The number of hydrogen-bond acceptors (Lipinski definition) is 8. The van der Waals surface area contributed by atoms with Crippen LogP contribution in [0.25, 0.3) is 5.76 Å². The summed E-state index contributed by atoms with van der Waals surface area (Å²) >= 11 is 0. The predicted octanol–water partition coefficient (Wildman–Crippen LogP) is 4.40. The van der Waals surface area contributed by atoms with Crippen LogP contribution in [0.2, 0.25) is 0 Å². The van der Waals surface area contributed by atoms with Gasteiger partial charge >= 0.3 is 0 Å². The molecule has 1 unspecified atom stereocenters. The fraction of sp³-hybridized carbons (Fsp3) is 0.304. The van der Waals surface area contributed by atoms with Crippen LogP contribution in [0.4, 0.5) is 11.4 Å². The Balaban J connectivity index is 1.82. The fourth-order valence-corrected chi connectivity index (χ4v) is 6.02. The molecule has 0 spiro atoms. The zero-order valence-electron chi connectivity index (χ0n) is 19.4. The second-order valence-corrected chi connectivity index (χ2v) is 12.3. The van der Waals surface area contributed by atoms with Gasteiger partial charge in [0.25, 0.3) is 10.2 Å². The molecular formula is C23H28N4O6S2. The first-order chi connectivity index (χ1) is 16.2. The van der Waals surface area contributed by atoms with Crippen molar-refractivity contribution < 1.29 is 27.4 Å². The van der Waals surface area contributed by atoms with Crippen molar-refractivity contribution in [1.29, 1.82) is 0 Å². The van der Waals surface area contributed by atoms with Gasteiger partial charge in [-0.25, -0.2) is 5.14 Å². The van der Waals surface area contributed by atoms with Gasteiger partial charge in [0, 0.05) is 5.56 Å². The molecule has 12 heteroatoms. The average molecular weight is 521 g/mol. The maximum absolute atomic E-state index is 13.9. The second kappa shape index (κ2) is 8.64. The lowest BCUT2D eigenvalue weighted by Crippen LogP contribution is -2.42. The first kappa shape index (κ1) is 25.2. The summed E-state index contributed by atoms with van der Waals surface area (Å²) in [4.78, 5) is 13.8. The first-order valence-electron chi connectivity index (χ1n) is 10.9. The van der Waals surface area contributed by atoms with Gasteiger partial charge in [-0.05, 0) is 49.4 Å². The van der Waals surface area contributed by atoms with E-state index in [1.54, 1.807) is 12.1 Å². The van der Waals surface area contributed by atoms with Gasteiger partial charge in [0.05, 0.1) is 16.8 Å². The highest BCUT2D eigenvalue weighted by Crippen LogP contribution is 2.57. The highest BCUT2D eigenvalue weighted by molar-refractivity contribution is 8.23. The minimum Gasteiger partial charge on any atom is -0.506 e. The second-order valence-electron chi connectivity index (χ2n) is 9.30. The number of benzene rings is 2. The van der Waals surface area contributed by atoms with Crippen LogP contribution in [0.5, 0.6) is 0 Å². The normalized spacial score (nSPS) is 22.1. The molecule has 1 atom stereocenters. The Morgan fingerprint density at radius 3 is 2.54 bits per heavy atom. The number of amidine groups is 1. The summed E-state index contributed by atoms with van der Waals surface area (Å²) in [6, 6.07) is 11.1.